The molecule has 70 valence electrons. The lowest BCUT2D eigenvalue weighted by atomic mass is 9.83. The van der Waals surface area contributed by atoms with E-state index in [1.54, 1.807) is 0 Å². The fraction of sp³-hybridized carbons (Fsp3) is 1.00. The van der Waals surface area contributed by atoms with Gasteiger partial charge in [-0.05, 0) is 46.2 Å². The van der Waals surface area contributed by atoms with Crippen LogP contribution in [0.3, 0.4) is 0 Å². The number of piperidine rings is 1. The van der Waals surface area contributed by atoms with Gasteiger partial charge in [0.05, 0.1) is 0 Å². The Morgan fingerprint density at radius 1 is 1.33 bits per heavy atom. The van der Waals surface area contributed by atoms with Crippen LogP contribution in [0.5, 0.6) is 0 Å². The van der Waals surface area contributed by atoms with Crippen LogP contribution in [0, 0.1) is 0 Å². The first-order chi connectivity index (χ1) is 5.72. The molecule has 0 radical (unpaired) electrons. The van der Waals surface area contributed by atoms with E-state index in [-0.39, 0.29) is 0 Å². The van der Waals surface area contributed by atoms with Crippen LogP contribution in [-0.4, -0.2) is 36.1 Å². The van der Waals surface area contributed by atoms with Gasteiger partial charge >= 0.3 is 0 Å². The first-order valence-corrected chi connectivity index (χ1v) is 5.20. The summed E-state index contributed by atoms with van der Waals surface area (Å²) in [7, 11) is 0. The van der Waals surface area contributed by atoms with Crippen LogP contribution < -0.4 is 5.32 Å². The average molecular weight is 168 g/mol. The van der Waals surface area contributed by atoms with Crippen LogP contribution in [0.4, 0.5) is 0 Å². The van der Waals surface area contributed by atoms with Gasteiger partial charge in [0.25, 0.3) is 0 Å². The van der Waals surface area contributed by atoms with Crippen molar-refractivity contribution >= 4 is 0 Å². The SMILES string of the molecule is CC1CCN1C1(C)CCNCC1. The first kappa shape index (κ1) is 8.52. The van der Waals surface area contributed by atoms with Crippen molar-refractivity contribution < 1.29 is 0 Å². The molecule has 2 aliphatic heterocycles. The van der Waals surface area contributed by atoms with E-state index < -0.39 is 0 Å². The van der Waals surface area contributed by atoms with Crippen molar-refractivity contribution in [1.29, 1.82) is 0 Å². The molecule has 0 amide bonds. The molecule has 0 aromatic rings. The van der Waals surface area contributed by atoms with Crippen LogP contribution in [0.25, 0.3) is 0 Å². The third kappa shape index (κ3) is 1.27. The van der Waals surface area contributed by atoms with Crippen molar-refractivity contribution in [2.45, 2.75) is 44.7 Å². The molecular weight excluding hydrogens is 148 g/mol. The van der Waals surface area contributed by atoms with Crippen molar-refractivity contribution in [3.8, 4) is 0 Å². The molecule has 0 spiro atoms. The summed E-state index contributed by atoms with van der Waals surface area (Å²) in [5.41, 5.74) is 0.517. The summed E-state index contributed by atoms with van der Waals surface area (Å²) in [6.45, 7) is 8.54. The Morgan fingerprint density at radius 3 is 2.42 bits per heavy atom. The predicted molar refractivity (Wildman–Crippen MR) is 51.3 cm³/mol. The maximum absolute atomic E-state index is 3.43. The van der Waals surface area contributed by atoms with Gasteiger partial charge in [-0.15, -0.1) is 0 Å². The second kappa shape index (κ2) is 3.00. The molecule has 2 aliphatic rings. The van der Waals surface area contributed by atoms with Crippen LogP contribution in [0.2, 0.25) is 0 Å². The quantitative estimate of drug-likeness (QED) is 0.633. The van der Waals surface area contributed by atoms with Gasteiger partial charge in [-0.2, -0.15) is 0 Å². The highest BCUT2D eigenvalue weighted by Crippen LogP contribution is 2.33. The third-order valence-corrected chi connectivity index (χ3v) is 3.69. The van der Waals surface area contributed by atoms with E-state index >= 15 is 0 Å². The molecule has 0 aromatic heterocycles. The number of nitrogens with one attached hydrogen (secondary N) is 1. The molecule has 0 aliphatic carbocycles. The molecular formula is C10H20N2. The molecule has 0 aromatic carbocycles. The Morgan fingerprint density at radius 2 is 2.00 bits per heavy atom. The van der Waals surface area contributed by atoms with Crippen molar-refractivity contribution in [2.24, 2.45) is 0 Å². The van der Waals surface area contributed by atoms with E-state index in [1.165, 1.54) is 38.9 Å². The number of nitrogens with zero attached hydrogens (tertiary/aromatic N) is 1. The zero-order chi connectivity index (χ0) is 8.60. The summed E-state index contributed by atoms with van der Waals surface area (Å²) in [6.07, 6.45) is 4.07. The van der Waals surface area contributed by atoms with Crippen LogP contribution in [-0.2, 0) is 0 Å². The van der Waals surface area contributed by atoms with Crippen molar-refractivity contribution in [2.75, 3.05) is 19.6 Å². The van der Waals surface area contributed by atoms with Gasteiger partial charge in [-0.3, -0.25) is 4.90 Å². The van der Waals surface area contributed by atoms with Gasteiger partial charge in [0.15, 0.2) is 0 Å². The Balaban J connectivity index is 1.98. The second-order valence-corrected chi connectivity index (χ2v) is 4.58. The molecule has 12 heavy (non-hydrogen) atoms. The highest BCUT2D eigenvalue weighted by atomic mass is 15.3. The largest absolute Gasteiger partial charge is 0.317 e. The van der Waals surface area contributed by atoms with Gasteiger partial charge in [-0.25, -0.2) is 0 Å². The average Bonchev–Trinajstić information content (AvgIpc) is 2.02. The van der Waals surface area contributed by atoms with E-state index in [1.807, 2.05) is 0 Å². The molecule has 1 N–H and O–H groups in total. The molecule has 0 bridgehead atoms. The lowest BCUT2D eigenvalue weighted by molar-refractivity contribution is -0.0264. The maximum Gasteiger partial charge on any atom is 0.0208 e. The Hall–Kier alpha value is -0.0800. The van der Waals surface area contributed by atoms with Crippen LogP contribution >= 0.6 is 0 Å². The Labute approximate surface area is 75.3 Å². The number of rotatable bonds is 1. The number of likely N-dealkylation sites (tertiary alicyclic amines) is 1. The molecule has 2 heterocycles. The highest BCUT2D eigenvalue weighted by molar-refractivity contribution is 4.97. The lowest BCUT2D eigenvalue weighted by Crippen LogP contribution is -2.61. The van der Waals surface area contributed by atoms with Crippen molar-refractivity contribution in [3.05, 3.63) is 0 Å². The van der Waals surface area contributed by atoms with E-state index in [0.717, 1.165) is 6.04 Å². The highest BCUT2D eigenvalue weighted by Gasteiger charge is 2.39. The van der Waals surface area contributed by atoms with Gasteiger partial charge in [0.1, 0.15) is 0 Å². The van der Waals surface area contributed by atoms with E-state index in [2.05, 4.69) is 24.1 Å². The van der Waals surface area contributed by atoms with Crippen molar-refractivity contribution in [1.82, 2.24) is 10.2 Å². The van der Waals surface area contributed by atoms with Gasteiger partial charge in [-0.1, -0.05) is 0 Å². The van der Waals surface area contributed by atoms with Crippen LogP contribution in [0.1, 0.15) is 33.1 Å². The molecule has 2 fully saturated rings. The summed E-state index contributed by atoms with van der Waals surface area (Å²) < 4.78 is 0. The Bertz CT molecular complexity index is 161. The van der Waals surface area contributed by atoms with Crippen LogP contribution in [0.15, 0.2) is 0 Å². The second-order valence-electron chi connectivity index (χ2n) is 4.58. The fourth-order valence-corrected chi connectivity index (χ4v) is 2.57. The zero-order valence-corrected chi connectivity index (χ0v) is 8.27. The zero-order valence-electron chi connectivity index (χ0n) is 8.27. The minimum Gasteiger partial charge on any atom is -0.317 e. The van der Waals surface area contributed by atoms with E-state index in [4.69, 9.17) is 0 Å². The third-order valence-electron chi connectivity index (χ3n) is 3.69. The summed E-state index contributed by atoms with van der Waals surface area (Å²) in [6, 6.07) is 0.841. The summed E-state index contributed by atoms with van der Waals surface area (Å²) in [4.78, 5) is 2.69. The van der Waals surface area contributed by atoms with Gasteiger partial charge in [0.2, 0.25) is 0 Å². The molecule has 2 rings (SSSR count). The van der Waals surface area contributed by atoms with E-state index in [9.17, 15) is 0 Å². The maximum atomic E-state index is 3.43. The fourth-order valence-electron chi connectivity index (χ4n) is 2.57. The minimum atomic E-state index is 0.517. The normalized spacial score (nSPS) is 36.0. The summed E-state index contributed by atoms with van der Waals surface area (Å²) in [5, 5.41) is 3.43. The minimum absolute atomic E-state index is 0.517. The van der Waals surface area contributed by atoms with Crippen molar-refractivity contribution in [3.63, 3.8) is 0 Å². The molecule has 1 unspecified atom stereocenters. The van der Waals surface area contributed by atoms with E-state index in [0.29, 0.717) is 5.54 Å². The monoisotopic (exact) mass is 168 g/mol. The standard InChI is InChI=1S/C10H20N2/c1-9-3-8-12(9)10(2)4-6-11-7-5-10/h9,11H,3-8H2,1-2H3. The molecule has 2 nitrogen and oxygen atoms in total. The topological polar surface area (TPSA) is 15.3 Å². The predicted octanol–water partition coefficient (Wildman–Crippen LogP) is 1.22. The van der Waals surface area contributed by atoms with Gasteiger partial charge < -0.3 is 5.32 Å². The molecule has 1 atom stereocenters. The molecule has 2 saturated heterocycles. The lowest BCUT2D eigenvalue weighted by Gasteiger charge is -2.53. The molecule has 0 saturated carbocycles. The number of hydrogen-bond donors (Lipinski definition) is 1. The van der Waals surface area contributed by atoms with Gasteiger partial charge in [0, 0.05) is 18.1 Å². The summed E-state index contributed by atoms with van der Waals surface area (Å²) in [5.74, 6) is 0. The summed E-state index contributed by atoms with van der Waals surface area (Å²) >= 11 is 0. The first-order valence-electron chi connectivity index (χ1n) is 5.20. The Kier molecular flexibility index (Phi) is 2.13. The number of hydrogen-bond acceptors (Lipinski definition) is 2. The molecule has 2 heteroatoms. The smallest absolute Gasteiger partial charge is 0.0208 e.